The summed E-state index contributed by atoms with van der Waals surface area (Å²) in [6, 6.07) is 0. The number of aryl methyl sites for hydroxylation is 2. The number of hydrogen-bond donors (Lipinski definition) is 1. The molecule has 1 aromatic heterocycles. The molecule has 1 heterocycles. The van der Waals surface area contributed by atoms with Crippen LogP contribution in [0.2, 0.25) is 5.02 Å². The van der Waals surface area contributed by atoms with Gasteiger partial charge in [-0.15, -0.1) is 0 Å². The highest BCUT2D eigenvalue weighted by Crippen LogP contribution is 2.68. The molecule has 0 spiro atoms. The van der Waals surface area contributed by atoms with Crippen molar-refractivity contribution in [2.45, 2.75) is 72.4 Å². The van der Waals surface area contributed by atoms with Gasteiger partial charge in [-0.3, -0.25) is 4.68 Å². The predicted octanol–water partition coefficient (Wildman–Crippen LogP) is 3.98. The number of nitrogens with zero attached hydrogens (tertiary/aromatic N) is 2. The molecule has 1 aromatic rings. The molecule has 2 bridgehead atoms. The van der Waals surface area contributed by atoms with Crippen molar-refractivity contribution in [1.29, 1.82) is 0 Å². The Hall–Kier alpha value is -0.540. The number of aromatic nitrogens is 2. The Balaban J connectivity index is 2.05. The van der Waals surface area contributed by atoms with Gasteiger partial charge in [0.15, 0.2) is 0 Å². The standard InChI is InChI=1S/C17H27ClN2O/c1-6-20-13(14(18)11(2)19-20)10-17(21)15(3,4)12-7-8-16(17,5)9-12/h12,21H,6-10H2,1-5H3. The normalized spacial score (nSPS) is 37.4. The number of rotatable bonds is 3. The third-order valence-electron chi connectivity index (χ3n) is 6.70. The maximum atomic E-state index is 11.7. The second kappa shape index (κ2) is 4.48. The van der Waals surface area contributed by atoms with Gasteiger partial charge in [0.25, 0.3) is 0 Å². The van der Waals surface area contributed by atoms with E-state index in [1.807, 2.05) is 11.6 Å². The number of aliphatic hydroxyl groups is 1. The Morgan fingerprint density at radius 3 is 2.57 bits per heavy atom. The zero-order valence-corrected chi connectivity index (χ0v) is 14.6. The minimum absolute atomic E-state index is 0.00123. The quantitative estimate of drug-likeness (QED) is 0.917. The zero-order chi connectivity index (χ0) is 15.6. The van der Waals surface area contributed by atoms with Crippen LogP contribution in [0.15, 0.2) is 0 Å². The molecule has 3 unspecified atom stereocenters. The van der Waals surface area contributed by atoms with Gasteiger partial charge in [0.05, 0.1) is 22.0 Å². The van der Waals surface area contributed by atoms with Crippen LogP contribution < -0.4 is 0 Å². The molecular formula is C17H27ClN2O. The maximum Gasteiger partial charge on any atom is 0.0848 e. The molecule has 2 saturated carbocycles. The SMILES string of the molecule is CCn1nc(C)c(Cl)c1CC1(O)C2(C)CCC(C2)C1(C)C. The molecule has 2 aliphatic rings. The Bertz CT molecular complexity index is 573. The fourth-order valence-electron chi connectivity index (χ4n) is 5.07. The highest BCUT2D eigenvalue weighted by atomic mass is 35.5. The number of fused-ring (bicyclic) bond motifs is 2. The van der Waals surface area contributed by atoms with Gasteiger partial charge in [0.1, 0.15) is 0 Å². The van der Waals surface area contributed by atoms with E-state index < -0.39 is 5.60 Å². The Morgan fingerprint density at radius 1 is 1.38 bits per heavy atom. The lowest BCUT2D eigenvalue weighted by Crippen LogP contribution is -2.55. The van der Waals surface area contributed by atoms with Crippen molar-refractivity contribution in [3.05, 3.63) is 16.4 Å². The molecular weight excluding hydrogens is 284 g/mol. The molecule has 3 rings (SSSR count). The van der Waals surface area contributed by atoms with Gasteiger partial charge in [-0.2, -0.15) is 5.10 Å². The first-order chi connectivity index (χ1) is 9.66. The average molecular weight is 311 g/mol. The van der Waals surface area contributed by atoms with E-state index >= 15 is 0 Å². The zero-order valence-electron chi connectivity index (χ0n) is 13.8. The molecule has 4 heteroatoms. The summed E-state index contributed by atoms with van der Waals surface area (Å²) in [6.07, 6.45) is 4.11. The van der Waals surface area contributed by atoms with Gasteiger partial charge in [-0.25, -0.2) is 0 Å². The molecule has 0 amide bonds. The van der Waals surface area contributed by atoms with Crippen molar-refractivity contribution in [3.63, 3.8) is 0 Å². The second-order valence-electron chi connectivity index (χ2n) is 7.92. The summed E-state index contributed by atoms with van der Waals surface area (Å²) >= 11 is 6.48. The molecule has 2 fully saturated rings. The molecule has 3 atom stereocenters. The van der Waals surface area contributed by atoms with Gasteiger partial charge < -0.3 is 5.11 Å². The third kappa shape index (κ3) is 1.80. The van der Waals surface area contributed by atoms with E-state index in [-0.39, 0.29) is 10.8 Å². The monoisotopic (exact) mass is 310 g/mol. The van der Waals surface area contributed by atoms with Gasteiger partial charge in [0, 0.05) is 13.0 Å². The fourth-order valence-corrected chi connectivity index (χ4v) is 5.27. The second-order valence-corrected chi connectivity index (χ2v) is 8.30. The summed E-state index contributed by atoms with van der Waals surface area (Å²) < 4.78 is 1.96. The van der Waals surface area contributed by atoms with Crippen LogP contribution in [0.5, 0.6) is 0 Å². The highest BCUT2D eigenvalue weighted by Gasteiger charge is 2.68. The molecule has 2 aliphatic carbocycles. The van der Waals surface area contributed by atoms with Crippen LogP contribution in [0.25, 0.3) is 0 Å². The summed E-state index contributed by atoms with van der Waals surface area (Å²) in [5, 5.41) is 16.9. The molecule has 0 aromatic carbocycles. The van der Waals surface area contributed by atoms with E-state index in [0.29, 0.717) is 12.3 Å². The van der Waals surface area contributed by atoms with E-state index in [0.717, 1.165) is 35.8 Å². The van der Waals surface area contributed by atoms with Gasteiger partial charge in [-0.1, -0.05) is 32.4 Å². The Morgan fingerprint density at radius 2 is 2.05 bits per heavy atom. The fraction of sp³-hybridized carbons (Fsp3) is 0.824. The highest BCUT2D eigenvalue weighted by molar-refractivity contribution is 6.31. The van der Waals surface area contributed by atoms with Crippen LogP contribution in [0.4, 0.5) is 0 Å². The van der Waals surface area contributed by atoms with Crippen molar-refractivity contribution in [3.8, 4) is 0 Å². The van der Waals surface area contributed by atoms with Gasteiger partial charge >= 0.3 is 0 Å². The third-order valence-corrected chi connectivity index (χ3v) is 7.19. The van der Waals surface area contributed by atoms with Crippen molar-refractivity contribution in [2.24, 2.45) is 16.7 Å². The summed E-state index contributed by atoms with van der Waals surface area (Å²) in [7, 11) is 0. The minimum atomic E-state index is -0.702. The molecule has 118 valence electrons. The number of hydrogen-bond acceptors (Lipinski definition) is 2. The van der Waals surface area contributed by atoms with Crippen molar-refractivity contribution in [2.75, 3.05) is 0 Å². The summed E-state index contributed by atoms with van der Waals surface area (Å²) in [6.45, 7) is 11.5. The molecule has 1 N–H and O–H groups in total. The Kier molecular flexibility index (Phi) is 3.28. The van der Waals surface area contributed by atoms with Crippen molar-refractivity contribution < 1.29 is 5.11 Å². The van der Waals surface area contributed by atoms with E-state index in [1.54, 1.807) is 0 Å². The first kappa shape index (κ1) is 15.4. The molecule has 3 nitrogen and oxygen atoms in total. The smallest absolute Gasteiger partial charge is 0.0848 e. The van der Waals surface area contributed by atoms with Gasteiger partial charge in [0.2, 0.25) is 0 Å². The summed E-state index contributed by atoms with van der Waals surface area (Å²) in [5.41, 5.74) is 1.09. The van der Waals surface area contributed by atoms with E-state index in [4.69, 9.17) is 11.6 Å². The first-order valence-corrected chi connectivity index (χ1v) is 8.48. The van der Waals surface area contributed by atoms with E-state index in [2.05, 4.69) is 32.8 Å². The lowest BCUT2D eigenvalue weighted by molar-refractivity contribution is -0.142. The lowest BCUT2D eigenvalue weighted by atomic mass is 9.58. The van der Waals surface area contributed by atoms with Gasteiger partial charge in [-0.05, 0) is 49.9 Å². The molecule has 21 heavy (non-hydrogen) atoms. The van der Waals surface area contributed by atoms with Crippen LogP contribution in [0.1, 0.15) is 58.3 Å². The van der Waals surface area contributed by atoms with E-state index in [1.165, 1.54) is 6.42 Å². The van der Waals surface area contributed by atoms with Crippen molar-refractivity contribution >= 4 is 11.6 Å². The van der Waals surface area contributed by atoms with Crippen LogP contribution in [0.3, 0.4) is 0 Å². The minimum Gasteiger partial charge on any atom is -0.388 e. The molecule has 0 saturated heterocycles. The van der Waals surface area contributed by atoms with Crippen LogP contribution >= 0.6 is 11.6 Å². The Labute approximate surface area is 132 Å². The maximum absolute atomic E-state index is 11.7. The topological polar surface area (TPSA) is 38.0 Å². The summed E-state index contributed by atoms with van der Waals surface area (Å²) in [4.78, 5) is 0. The van der Waals surface area contributed by atoms with Crippen molar-refractivity contribution in [1.82, 2.24) is 9.78 Å². The number of halogens is 1. The lowest BCUT2D eigenvalue weighted by Gasteiger charge is -2.51. The van der Waals surface area contributed by atoms with Crippen LogP contribution in [0, 0.1) is 23.7 Å². The average Bonchev–Trinajstić information content (AvgIpc) is 2.98. The first-order valence-electron chi connectivity index (χ1n) is 8.10. The van der Waals surface area contributed by atoms with Crippen LogP contribution in [-0.2, 0) is 13.0 Å². The molecule has 0 radical (unpaired) electrons. The largest absolute Gasteiger partial charge is 0.388 e. The summed E-state index contributed by atoms with van der Waals surface area (Å²) in [5.74, 6) is 0.616. The van der Waals surface area contributed by atoms with Crippen LogP contribution in [-0.4, -0.2) is 20.5 Å². The predicted molar refractivity (Wildman–Crippen MR) is 85.5 cm³/mol. The molecule has 0 aliphatic heterocycles. The van der Waals surface area contributed by atoms with E-state index in [9.17, 15) is 5.11 Å².